The van der Waals surface area contributed by atoms with Gasteiger partial charge in [0.15, 0.2) is 0 Å². The molecule has 0 aliphatic rings. The fourth-order valence-electron chi connectivity index (χ4n) is 2.15. The topological polar surface area (TPSA) is 12.0 Å². The lowest BCUT2D eigenvalue weighted by Gasteiger charge is -2.20. The second-order valence-corrected chi connectivity index (χ2v) is 6.50. The van der Waals surface area contributed by atoms with Crippen LogP contribution >= 0.6 is 27.3 Å². The first-order valence-corrected chi connectivity index (χ1v) is 7.80. The highest BCUT2D eigenvalue weighted by Crippen LogP contribution is 2.26. The van der Waals surface area contributed by atoms with Crippen molar-refractivity contribution < 1.29 is 0 Å². The predicted octanol–water partition coefficient (Wildman–Crippen LogP) is 5.23. The molecule has 3 heteroatoms. The molecule has 0 bridgehead atoms. The molecule has 96 valence electrons. The Morgan fingerprint density at radius 3 is 2.56 bits per heavy atom. The van der Waals surface area contributed by atoms with E-state index in [0.717, 1.165) is 4.47 Å². The van der Waals surface area contributed by atoms with E-state index in [-0.39, 0.29) is 0 Å². The first-order valence-electron chi connectivity index (χ1n) is 6.13. The Bertz CT molecular complexity index is 521. The minimum absolute atomic E-state index is 0.346. The number of halogens is 1. The highest BCUT2D eigenvalue weighted by atomic mass is 79.9. The van der Waals surface area contributed by atoms with Gasteiger partial charge in [0, 0.05) is 21.4 Å². The van der Waals surface area contributed by atoms with E-state index in [0.29, 0.717) is 12.1 Å². The van der Waals surface area contributed by atoms with Crippen LogP contribution in [0.5, 0.6) is 0 Å². The highest BCUT2D eigenvalue weighted by Gasteiger charge is 2.13. The number of rotatable bonds is 4. The molecule has 0 radical (unpaired) electrons. The van der Waals surface area contributed by atoms with Gasteiger partial charge in [-0.15, -0.1) is 11.3 Å². The van der Waals surface area contributed by atoms with Gasteiger partial charge >= 0.3 is 0 Å². The van der Waals surface area contributed by atoms with Gasteiger partial charge in [-0.3, -0.25) is 0 Å². The Morgan fingerprint density at radius 1 is 1.17 bits per heavy atom. The van der Waals surface area contributed by atoms with Crippen molar-refractivity contribution >= 4 is 27.3 Å². The van der Waals surface area contributed by atoms with Gasteiger partial charge in [0.1, 0.15) is 0 Å². The number of benzene rings is 1. The molecule has 1 aromatic carbocycles. The molecule has 1 nitrogen and oxygen atoms in total. The van der Waals surface area contributed by atoms with E-state index in [1.165, 1.54) is 16.0 Å². The Balaban J connectivity index is 2.08. The minimum Gasteiger partial charge on any atom is -0.303 e. The summed E-state index contributed by atoms with van der Waals surface area (Å²) in [7, 11) is 0. The average Bonchev–Trinajstić information content (AvgIpc) is 2.75. The van der Waals surface area contributed by atoms with Gasteiger partial charge in [-0.2, -0.15) is 0 Å². The van der Waals surface area contributed by atoms with E-state index in [2.05, 4.69) is 77.7 Å². The van der Waals surface area contributed by atoms with Crippen molar-refractivity contribution in [1.29, 1.82) is 0 Å². The molecular weight excluding hydrogens is 306 g/mol. The maximum absolute atomic E-state index is 3.66. The van der Waals surface area contributed by atoms with Crippen molar-refractivity contribution in [1.82, 2.24) is 5.32 Å². The summed E-state index contributed by atoms with van der Waals surface area (Å²) in [6.07, 6.45) is 0. The third-order valence-electron chi connectivity index (χ3n) is 3.14. The lowest BCUT2D eigenvalue weighted by molar-refractivity contribution is 0.499. The fourth-order valence-corrected chi connectivity index (χ4v) is 3.51. The van der Waals surface area contributed by atoms with E-state index < -0.39 is 0 Å². The fraction of sp³-hybridized carbons (Fsp3) is 0.333. The van der Waals surface area contributed by atoms with Gasteiger partial charge in [-0.05, 0) is 55.5 Å². The molecule has 0 aliphatic heterocycles. The van der Waals surface area contributed by atoms with Gasteiger partial charge < -0.3 is 5.32 Å². The molecule has 0 amide bonds. The zero-order valence-corrected chi connectivity index (χ0v) is 13.3. The van der Waals surface area contributed by atoms with Crippen LogP contribution in [0.1, 0.15) is 41.9 Å². The first kappa shape index (κ1) is 13.8. The summed E-state index contributed by atoms with van der Waals surface area (Å²) >= 11 is 5.35. The minimum atomic E-state index is 0.346. The molecular formula is C15H18BrNS. The van der Waals surface area contributed by atoms with Crippen LogP contribution in [-0.2, 0) is 0 Å². The van der Waals surface area contributed by atoms with Gasteiger partial charge in [0.05, 0.1) is 0 Å². The van der Waals surface area contributed by atoms with Crippen LogP contribution in [0.2, 0.25) is 0 Å². The zero-order valence-electron chi connectivity index (χ0n) is 10.9. The van der Waals surface area contributed by atoms with Crippen LogP contribution in [0, 0.1) is 6.92 Å². The van der Waals surface area contributed by atoms with Gasteiger partial charge in [-0.1, -0.05) is 28.1 Å². The molecule has 0 spiro atoms. The van der Waals surface area contributed by atoms with Crippen LogP contribution in [0.25, 0.3) is 0 Å². The van der Waals surface area contributed by atoms with Crippen molar-refractivity contribution in [3.63, 3.8) is 0 Å². The normalized spacial score (nSPS) is 14.4. The monoisotopic (exact) mass is 323 g/mol. The maximum atomic E-state index is 3.66. The van der Waals surface area contributed by atoms with Crippen molar-refractivity contribution in [3.8, 4) is 0 Å². The highest BCUT2D eigenvalue weighted by molar-refractivity contribution is 9.10. The van der Waals surface area contributed by atoms with E-state index in [1.807, 2.05) is 11.3 Å². The largest absolute Gasteiger partial charge is 0.303 e. The molecule has 0 saturated carbocycles. The molecule has 0 saturated heterocycles. The molecule has 1 heterocycles. The van der Waals surface area contributed by atoms with Crippen molar-refractivity contribution in [3.05, 3.63) is 56.2 Å². The summed E-state index contributed by atoms with van der Waals surface area (Å²) < 4.78 is 1.13. The predicted molar refractivity (Wildman–Crippen MR) is 83.2 cm³/mol. The Labute approximate surface area is 121 Å². The summed E-state index contributed by atoms with van der Waals surface area (Å²) in [6, 6.07) is 11.4. The van der Waals surface area contributed by atoms with Crippen LogP contribution in [0.4, 0.5) is 0 Å². The number of nitrogens with one attached hydrogen (secondary N) is 1. The van der Waals surface area contributed by atoms with Crippen molar-refractivity contribution in [2.75, 3.05) is 0 Å². The van der Waals surface area contributed by atoms with Crippen LogP contribution in [0.15, 0.2) is 40.2 Å². The number of hydrogen-bond donors (Lipinski definition) is 1. The van der Waals surface area contributed by atoms with E-state index in [9.17, 15) is 0 Å². The lowest BCUT2D eigenvalue weighted by atomic mass is 10.1. The SMILES string of the molecule is Cc1ccsc1C(C)N[C@@H](C)c1cccc(Br)c1. The molecule has 2 aromatic rings. The summed E-state index contributed by atoms with van der Waals surface area (Å²) in [5.41, 5.74) is 2.69. The van der Waals surface area contributed by atoms with Crippen molar-refractivity contribution in [2.24, 2.45) is 0 Å². The molecule has 18 heavy (non-hydrogen) atoms. The maximum Gasteiger partial charge on any atom is 0.0393 e. The molecule has 0 fully saturated rings. The van der Waals surface area contributed by atoms with Crippen LogP contribution in [-0.4, -0.2) is 0 Å². The summed E-state index contributed by atoms with van der Waals surface area (Å²) in [5.74, 6) is 0. The van der Waals surface area contributed by atoms with E-state index >= 15 is 0 Å². The quantitative estimate of drug-likeness (QED) is 0.812. The molecule has 1 aromatic heterocycles. The Hall–Kier alpha value is -0.640. The van der Waals surface area contributed by atoms with Gasteiger partial charge in [0.25, 0.3) is 0 Å². The standard InChI is InChI=1S/C15H18BrNS/c1-10-7-8-18-15(10)12(3)17-11(2)13-5-4-6-14(16)9-13/h4-9,11-12,17H,1-3H3/t11-,12?/m0/s1. The first-order chi connectivity index (χ1) is 8.58. The van der Waals surface area contributed by atoms with Gasteiger partial charge in [0.2, 0.25) is 0 Å². The lowest BCUT2D eigenvalue weighted by Crippen LogP contribution is -2.22. The third-order valence-corrected chi connectivity index (χ3v) is 4.84. The number of hydrogen-bond acceptors (Lipinski definition) is 2. The van der Waals surface area contributed by atoms with E-state index in [1.54, 1.807) is 0 Å². The number of aryl methyl sites for hydroxylation is 1. The summed E-state index contributed by atoms with van der Waals surface area (Å²) in [4.78, 5) is 1.43. The molecule has 1 N–H and O–H groups in total. The average molecular weight is 324 g/mol. The van der Waals surface area contributed by atoms with Crippen LogP contribution in [0.3, 0.4) is 0 Å². The summed E-state index contributed by atoms with van der Waals surface area (Å²) in [5, 5.41) is 5.82. The third kappa shape index (κ3) is 3.22. The Morgan fingerprint density at radius 2 is 1.94 bits per heavy atom. The summed E-state index contributed by atoms with van der Waals surface area (Å²) in [6.45, 7) is 6.61. The second kappa shape index (κ2) is 6.00. The molecule has 2 atom stereocenters. The molecule has 2 rings (SSSR count). The molecule has 1 unspecified atom stereocenters. The van der Waals surface area contributed by atoms with Crippen molar-refractivity contribution in [2.45, 2.75) is 32.9 Å². The molecule has 0 aliphatic carbocycles. The van der Waals surface area contributed by atoms with Crippen LogP contribution < -0.4 is 5.32 Å². The second-order valence-electron chi connectivity index (χ2n) is 4.63. The smallest absolute Gasteiger partial charge is 0.0393 e. The van der Waals surface area contributed by atoms with Gasteiger partial charge in [-0.25, -0.2) is 0 Å². The Kier molecular flexibility index (Phi) is 4.60. The zero-order chi connectivity index (χ0) is 13.1. The van der Waals surface area contributed by atoms with E-state index in [4.69, 9.17) is 0 Å². The number of thiophene rings is 1.